The summed E-state index contributed by atoms with van der Waals surface area (Å²) in [6.45, 7) is 9.13. The van der Waals surface area contributed by atoms with Crippen molar-refractivity contribution in [3.63, 3.8) is 0 Å². The summed E-state index contributed by atoms with van der Waals surface area (Å²) in [5.41, 5.74) is 5.33. The van der Waals surface area contributed by atoms with Crippen LogP contribution in [0.3, 0.4) is 0 Å². The molecule has 0 bridgehead atoms. The molecule has 9 nitrogen and oxygen atoms in total. The van der Waals surface area contributed by atoms with E-state index in [1.807, 2.05) is 50.2 Å². The van der Waals surface area contributed by atoms with Gasteiger partial charge in [-0.05, 0) is 124 Å². The molecule has 2 heterocycles. The first-order valence-electron chi connectivity index (χ1n) is 16.8. The molecule has 1 aliphatic rings. The number of rotatable bonds is 12. The van der Waals surface area contributed by atoms with Gasteiger partial charge < -0.3 is 35.5 Å². The Morgan fingerprint density at radius 3 is 2.08 bits per heavy atom. The fraction of sp³-hybridized carbons (Fsp3) is 0.282. The van der Waals surface area contributed by atoms with Crippen molar-refractivity contribution in [1.29, 1.82) is 0 Å². The first kappa shape index (κ1) is 32.8. The Labute approximate surface area is 282 Å². The molecule has 0 aliphatic carbocycles. The second-order valence-electron chi connectivity index (χ2n) is 12.5. The van der Waals surface area contributed by atoms with Crippen LogP contribution in [0.1, 0.15) is 49.0 Å². The maximum Gasteiger partial charge on any atom is 0.319 e. The Morgan fingerprint density at radius 1 is 0.771 bits per heavy atom. The van der Waals surface area contributed by atoms with Gasteiger partial charge in [0.05, 0.1) is 5.52 Å². The van der Waals surface area contributed by atoms with Crippen LogP contribution in [0, 0.1) is 0 Å². The number of hydrogen-bond donors (Lipinski definition) is 4. The summed E-state index contributed by atoms with van der Waals surface area (Å²) < 4.78 is 8.14. The second-order valence-corrected chi connectivity index (χ2v) is 12.5. The molecule has 6 rings (SSSR count). The molecule has 0 unspecified atom stereocenters. The number of carbonyl (C=O) groups excluding carboxylic acids is 2. The molecule has 48 heavy (non-hydrogen) atoms. The molecule has 1 saturated heterocycles. The molecule has 4 N–H and O–H groups in total. The second kappa shape index (κ2) is 15.6. The third-order valence-corrected chi connectivity index (χ3v) is 8.45. The zero-order valence-electron chi connectivity index (χ0n) is 27.7. The van der Waals surface area contributed by atoms with E-state index in [1.54, 1.807) is 36.4 Å². The van der Waals surface area contributed by atoms with E-state index >= 15 is 0 Å². The maximum absolute atomic E-state index is 13.1. The lowest BCUT2D eigenvalue weighted by atomic mass is 10.1. The van der Waals surface area contributed by atoms with Crippen LogP contribution in [-0.2, 0) is 6.54 Å². The van der Waals surface area contributed by atoms with Gasteiger partial charge in [-0.15, -0.1) is 0 Å². The van der Waals surface area contributed by atoms with E-state index < -0.39 is 0 Å². The topological polar surface area (TPSA) is 99.7 Å². The fourth-order valence-electron chi connectivity index (χ4n) is 6.00. The van der Waals surface area contributed by atoms with Gasteiger partial charge in [0.1, 0.15) is 11.5 Å². The first-order chi connectivity index (χ1) is 23.4. The third-order valence-electron chi connectivity index (χ3n) is 8.45. The number of urea groups is 1. The number of aromatic nitrogens is 1. The highest BCUT2D eigenvalue weighted by atomic mass is 16.5. The van der Waals surface area contributed by atoms with E-state index in [1.165, 1.54) is 43.3 Å². The number of piperidine rings is 1. The van der Waals surface area contributed by atoms with Crippen LogP contribution in [0.4, 0.5) is 16.2 Å². The van der Waals surface area contributed by atoms with Crippen molar-refractivity contribution in [3.05, 3.63) is 114 Å². The fourth-order valence-corrected chi connectivity index (χ4v) is 6.00. The van der Waals surface area contributed by atoms with Crippen molar-refractivity contribution in [3.8, 4) is 17.2 Å². The lowest BCUT2D eigenvalue weighted by Crippen LogP contribution is -2.35. The molecule has 0 spiro atoms. The monoisotopic (exact) mass is 644 g/mol. The highest BCUT2D eigenvalue weighted by Gasteiger charge is 2.13. The van der Waals surface area contributed by atoms with E-state index in [9.17, 15) is 9.59 Å². The van der Waals surface area contributed by atoms with Crippen LogP contribution in [0.2, 0.25) is 0 Å². The van der Waals surface area contributed by atoms with Crippen LogP contribution in [0.25, 0.3) is 16.6 Å². The number of benzene rings is 4. The van der Waals surface area contributed by atoms with Gasteiger partial charge in [-0.25, -0.2) is 4.79 Å². The predicted octanol–water partition coefficient (Wildman–Crippen LogP) is 7.78. The predicted molar refractivity (Wildman–Crippen MR) is 193 cm³/mol. The standard InChI is InChI=1S/C39H44N6O3/c1-28(2)41-39(47)43-32-14-20-35(21-15-32)48-34-18-12-31(13-19-34)42-38(46)29-10-16-33(17-11-29)45-27-30(36-8-4-5-9-37(36)45)26-40-22-25-44-23-6-3-7-24-44/h4-5,8-21,27-28,40H,3,6-7,22-26H2,1-2H3,(H,42,46)(H2,41,43,47). The average Bonchev–Trinajstić information content (AvgIpc) is 3.47. The number of likely N-dealkylation sites (tertiary alicyclic amines) is 1. The van der Waals surface area contributed by atoms with Crippen molar-refractivity contribution in [1.82, 2.24) is 20.1 Å². The molecular formula is C39H44N6O3. The summed E-state index contributed by atoms with van der Waals surface area (Å²) in [7, 11) is 0. The SMILES string of the molecule is CC(C)NC(=O)Nc1ccc(Oc2ccc(NC(=O)c3ccc(-n4cc(CNCCN5CCCCC5)c5ccccc54)cc3)cc2)cc1. The molecule has 1 fully saturated rings. The van der Waals surface area contributed by atoms with Crippen LogP contribution < -0.4 is 26.0 Å². The number of para-hydroxylation sites is 1. The maximum atomic E-state index is 13.1. The molecule has 1 aliphatic heterocycles. The van der Waals surface area contributed by atoms with E-state index in [4.69, 9.17) is 4.74 Å². The molecule has 3 amide bonds. The van der Waals surface area contributed by atoms with Gasteiger partial charge in [-0.2, -0.15) is 0 Å². The number of amides is 3. The molecule has 0 atom stereocenters. The quantitative estimate of drug-likeness (QED) is 0.104. The van der Waals surface area contributed by atoms with Crippen LogP contribution in [0.5, 0.6) is 11.5 Å². The summed E-state index contributed by atoms with van der Waals surface area (Å²) in [5, 5.41) is 13.4. The van der Waals surface area contributed by atoms with Crippen molar-refractivity contribution in [2.45, 2.75) is 45.7 Å². The van der Waals surface area contributed by atoms with Crippen LogP contribution in [-0.4, -0.2) is 53.6 Å². The lowest BCUT2D eigenvalue weighted by molar-refractivity contribution is 0.102. The Hall–Kier alpha value is -5.12. The third kappa shape index (κ3) is 8.61. The molecule has 1 aromatic heterocycles. The average molecular weight is 645 g/mol. The van der Waals surface area contributed by atoms with E-state index in [0.29, 0.717) is 28.4 Å². The largest absolute Gasteiger partial charge is 0.457 e. The van der Waals surface area contributed by atoms with Crippen molar-refractivity contribution < 1.29 is 14.3 Å². The summed E-state index contributed by atoms with van der Waals surface area (Å²) in [6, 6.07) is 30.3. The van der Waals surface area contributed by atoms with Gasteiger partial charge in [0.15, 0.2) is 0 Å². The minimum Gasteiger partial charge on any atom is -0.457 e. The first-order valence-corrected chi connectivity index (χ1v) is 16.8. The number of nitrogens with zero attached hydrogens (tertiary/aromatic N) is 2. The molecule has 4 aromatic carbocycles. The number of ether oxygens (including phenoxy) is 1. The number of hydrogen-bond acceptors (Lipinski definition) is 5. The highest BCUT2D eigenvalue weighted by Crippen LogP contribution is 2.27. The number of nitrogens with one attached hydrogen (secondary N) is 4. The summed E-state index contributed by atoms with van der Waals surface area (Å²) in [6.07, 6.45) is 6.19. The summed E-state index contributed by atoms with van der Waals surface area (Å²) in [4.78, 5) is 27.5. The van der Waals surface area contributed by atoms with Gasteiger partial charge >= 0.3 is 6.03 Å². The summed E-state index contributed by atoms with van der Waals surface area (Å²) >= 11 is 0. The van der Waals surface area contributed by atoms with Gasteiger partial charge in [0.2, 0.25) is 0 Å². The van der Waals surface area contributed by atoms with Gasteiger partial charge in [-0.1, -0.05) is 24.6 Å². The number of fused-ring (bicyclic) bond motifs is 1. The molecule has 248 valence electrons. The van der Waals surface area contributed by atoms with Crippen LogP contribution >= 0.6 is 0 Å². The molecular weight excluding hydrogens is 600 g/mol. The Kier molecular flexibility index (Phi) is 10.7. The van der Waals surface area contributed by atoms with Crippen molar-refractivity contribution >= 4 is 34.2 Å². The van der Waals surface area contributed by atoms with Crippen LogP contribution in [0.15, 0.2) is 103 Å². The Morgan fingerprint density at radius 2 is 1.42 bits per heavy atom. The smallest absolute Gasteiger partial charge is 0.319 e. The zero-order valence-corrected chi connectivity index (χ0v) is 27.7. The number of carbonyl (C=O) groups is 2. The molecule has 9 heteroatoms. The van der Waals surface area contributed by atoms with E-state index in [-0.39, 0.29) is 18.0 Å². The lowest BCUT2D eigenvalue weighted by Gasteiger charge is -2.26. The van der Waals surface area contributed by atoms with Crippen molar-refractivity contribution in [2.24, 2.45) is 0 Å². The summed E-state index contributed by atoms with van der Waals surface area (Å²) in [5.74, 6) is 1.08. The minimum atomic E-state index is -0.252. The molecule has 0 radical (unpaired) electrons. The highest BCUT2D eigenvalue weighted by molar-refractivity contribution is 6.04. The molecule has 0 saturated carbocycles. The van der Waals surface area contributed by atoms with Crippen molar-refractivity contribution in [2.75, 3.05) is 36.8 Å². The normalized spacial score (nSPS) is 13.4. The van der Waals surface area contributed by atoms with Gasteiger partial charge in [0.25, 0.3) is 5.91 Å². The van der Waals surface area contributed by atoms with Gasteiger partial charge in [-0.3, -0.25) is 4.79 Å². The van der Waals surface area contributed by atoms with E-state index in [0.717, 1.165) is 30.8 Å². The Balaban J connectivity index is 1.03. The molecule has 5 aromatic rings. The zero-order chi connectivity index (χ0) is 33.3. The minimum absolute atomic E-state index is 0.0534. The van der Waals surface area contributed by atoms with Gasteiger partial charge in [0, 0.05) is 59.9 Å². The Bertz CT molecular complexity index is 1810. The van der Waals surface area contributed by atoms with E-state index in [2.05, 4.69) is 61.2 Å². The number of anilines is 2.